The third-order valence-corrected chi connectivity index (χ3v) is 4.62. The molecular weight excluding hydrogens is 328 g/mol. The van der Waals surface area contributed by atoms with Gasteiger partial charge in [0.2, 0.25) is 0 Å². The SMILES string of the molecule is Cc1nc(COc2cccc(C(=O)NC(C(=O)O)C3CC3)c2)cs1. The summed E-state index contributed by atoms with van der Waals surface area (Å²) in [6.45, 7) is 2.26. The standard InChI is InChI=1S/C17H18N2O4S/c1-10-18-13(9-24-10)8-23-14-4-2-3-12(7-14)16(20)19-15(17(21)22)11-5-6-11/h2-4,7,9,11,15H,5-6,8H2,1H3,(H,19,20)(H,21,22). The highest BCUT2D eigenvalue weighted by Crippen LogP contribution is 2.33. The lowest BCUT2D eigenvalue weighted by atomic mass is 10.1. The van der Waals surface area contributed by atoms with Gasteiger partial charge in [0.15, 0.2) is 0 Å². The van der Waals surface area contributed by atoms with Gasteiger partial charge >= 0.3 is 5.97 Å². The average Bonchev–Trinajstić information content (AvgIpc) is 3.32. The average molecular weight is 346 g/mol. The highest BCUT2D eigenvalue weighted by Gasteiger charge is 2.37. The summed E-state index contributed by atoms with van der Waals surface area (Å²) in [5, 5.41) is 14.7. The number of nitrogens with zero attached hydrogens (tertiary/aromatic N) is 1. The van der Waals surface area contributed by atoms with E-state index in [0.717, 1.165) is 23.5 Å². The van der Waals surface area contributed by atoms with Crippen LogP contribution in [0.5, 0.6) is 5.75 Å². The molecule has 1 heterocycles. The molecule has 126 valence electrons. The summed E-state index contributed by atoms with van der Waals surface area (Å²) in [4.78, 5) is 27.8. The molecule has 0 bridgehead atoms. The van der Waals surface area contributed by atoms with E-state index in [-0.39, 0.29) is 5.92 Å². The Bertz CT molecular complexity index is 755. The normalized spacial score (nSPS) is 14.9. The molecule has 0 radical (unpaired) electrons. The number of nitrogens with one attached hydrogen (secondary N) is 1. The van der Waals surface area contributed by atoms with Crippen molar-refractivity contribution in [2.45, 2.75) is 32.4 Å². The zero-order valence-electron chi connectivity index (χ0n) is 13.2. The van der Waals surface area contributed by atoms with E-state index in [9.17, 15) is 14.7 Å². The number of aliphatic carboxylic acids is 1. The molecule has 1 aliphatic rings. The molecule has 1 aromatic carbocycles. The van der Waals surface area contributed by atoms with Gasteiger partial charge in [0.05, 0.1) is 10.7 Å². The van der Waals surface area contributed by atoms with Crippen LogP contribution in [0.1, 0.15) is 33.9 Å². The molecule has 1 aliphatic carbocycles. The first-order valence-corrected chi connectivity index (χ1v) is 8.58. The lowest BCUT2D eigenvalue weighted by Gasteiger charge is -2.14. The lowest BCUT2D eigenvalue weighted by molar-refractivity contribution is -0.139. The van der Waals surface area contributed by atoms with Gasteiger partial charge in [-0.1, -0.05) is 6.07 Å². The Morgan fingerprint density at radius 2 is 2.25 bits per heavy atom. The van der Waals surface area contributed by atoms with Crippen LogP contribution in [0.25, 0.3) is 0 Å². The molecule has 7 heteroatoms. The number of carbonyl (C=O) groups excluding carboxylic acids is 1. The molecule has 2 aromatic rings. The van der Waals surface area contributed by atoms with E-state index in [1.54, 1.807) is 35.6 Å². The summed E-state index contributed by atoms with van der Waals surface area (Å²) in [6, 6.07) is 5.90. The minimum absolute atomic E-state index is 0.0405. The molecule has 1 aromatic heterocycles. The van der Waals surface area contributed by atoms with Crippen LogP contribution in [0.4, 0.5) is 0 Å². The van der Waals surface area contributed by atoms with Crippen LogP contribution in [-0.2, 0) is 11.4 Å². The van der Waals surface area contributed by atoms with Gasteiger partial charge in [-0.3, -0.25) is 4.79 Å². The smallest absolute Gasteiger partial charge is 0.326 e. The minimum Gasteiger partial charge on any atom is -0.487 e. The molecule has 1 amide bonds. The van der Waals surface area contributed by atoms with E-state index in [2.05, 4.69) is 10.3 Å². The van der Waals surface area contributed by atoms with Gasteiger partial charge in [-0.2, -0.15) is 0 Å². The summed E-state index contributed by atoms with van der Waals surface area (Å²) < 4.78 is 5.66. The fraction of sp³-hybridized carbons (Fsp3) is 0.353. The first-order valence-electron chi connectivity index (χ1n) is 7.70. The third-order valence-electron chi connectivity index (χ3n) is 3.80. The van der Waals surface area contributed by atoms with Crippen molar-refractivity contribution in [3.63, 3.8) is 0 Å². The Morgan fingerprint density at radius 3 is 2.88 bits per heavy atom. The van der Waals surface area contributed by atoms with Crippen molar-refractivity contribution in [3.05, 3.63) is 45.9 Å². The zero-order valence-corrected chi connectivity index (χ0v) is 14.0. The Balaban J connectivity index is 1.63. The predicted octanol–water partition coefficient (Wildman–Crippen LogP) is 2.62. The van der Waals surface area contributed by atoms with Crippen LogP contribution in [0.15, 0.2) is 29.6 Å². The summed E-state index contributed by atoms with van der Waals surface area (Å²) in [6.07, 6.45) is 1.68. The maximum Gasteiger partial charge on any atom is 0.326 e. The minimum atomic E-state index is -0.989. The van der Waals surface area contributed by atoms with Crippen LogP contribution in [0.2, 0.25) is 0 Å². The molecule has 0 aliphatic heterocycles. The second-order valence-corrected chi connectivity index (χ2v) is 6.86. The molecule has 1 fully saturated rings. The molecule has 1 atom stereocenters. The number of carboxylic acid groups (broad SMARTS) is 1. The largest absolute Gasteiger partial charge is 0.487 e. The maximum atomic E-state index is 12.3. The molecule has 24 heavy (non-hydrogen) atoms. The molecule has 0 spiro atoms. The van der Waals surface area contributed by atoms with E-state index in [1.165, 1.54) is 0 Å². The molecule has 2 N–H and O–H groups in total. The second kappa shape index (κ2) is 7.00. The van der Waals surface area contributed by atoms with E-state index in [0.29, 0.717) is 17.9 Å². The van der Waals surface area contributed by atoms with Crippen molar-refractivity contribution in [3.8, 4) is 5.75 Å². The van der Waals surface area contributed by atoms with Gasteiger partial charge in [-0.25, -0.2) is 9.78 Å². The maximum absolute atomic E-state index is 12.3. The number of thiazole rings is 1. The van der Waals surface area contributed by atoms with Gasteiger partial charge in [0.1, 0.15) is 18.4 Å². The molecular formula is C17H18N2O4S. The predicted molar refractivity (Wildman–Crippen MR) is 89.2 cm³/mol. The van der Waals surface area contributed by atoms with Crippen LogP contribution in [0.3, 0.4) is 0 Å². The van der Waals surface area contributed by atoms with Gasteiger partial charge in [-0.05, 0) is 43.9 Å². The van der Waals surface area contributed by atoms with Gasteiger partial charge in [-0.15, -0.1) is 11.3 Å². The number of rotatable bonds is 7. The van der Waals surface area contributed by atoms with Crippen molar-refractivity contribution in [2.75, 3.05) is 0 Å². The lowest BCUT2D eigenvalue weighted by Crippen LogP contribution is -2.42. The molecule has 6 nitrogen and oxygen atoms in total. The molecule has 3 rings (SSSR count). The van der Waals surface area contributed by atoms with Crippen molar-refractivity contribution in [1.82, 2.24) is 10.3 Å². The number of aryl methyl sites for hydroxylation is 1. The number of hydrogen-bond donors (Lipinski definition) is 2. The number of hydrogen-bond acceptors (Lipinski definition) is 5. The number of carboxylic acids is 1. The van der Waals surface area contributed by atoms with Crippen LogP contribution < -0.4 is 10.1 Å². The van der Waals surface area contributed by atoms with E-state index < -0.39 is 17.9 Å². The van der Waals surface area contributed by atoms with Gasteiger partial charge < -0.3 is 15.2 Å². The fourth-order valence-electron chi connectivity index (χ4n) is 2.39. The number of aromatic nitrogens is 1. The quantitative estimate of drug-likeness (QED) is 0.804. The second-order valence-electron chi connectivity index (χ2n) is 5.80. The van der Waals surface area contributed by atoms with Crippen LogP contribution in [0, 0.1) is 12.8 Å². The number of ether oxygens (including phenoxy) is 1. The summed E-state index contributed by atoms with van der Waals surface area (Å²) in [5.74, 6) is -0.799. The highest BCUT2D eigenvalue weighted by molar-refractivity contribution is 7.09. The van der Waals surface area contributed by atoms with Crippen molar-refractivity contribution >= 4 is 23.2 Å². The van der Waals surface area contributed by atoms with Crippen molar-refractivity contribution < 1.29 is 19.4 Å². The topological polar surface area (TPSA) is 88.5 Å². The number of benzene rings is 1. The molecule has 1 unspecified atom stereocenters. The highest BCUT2D eigenvalue weighted by atomic mass is 32.1. The zero-order chi connectivity index (χ0) is 17.1. The Hall–Kier alpha value is -2.41. The fourth-order valence-corrected chi connectivity index (χ4v) is 2.99. The third kappa shape index (κ3) is 4.11. The van der Waals surface area contributed by atoms with Crippen molar-refractivity contribution in [1.29, 1.82) is 0 Å². The van der Waals surface area contributed by atoms with E-state index in [1.807, 2.05) is 12.3 Å². The monoisotopic (exact) mass is 346 g/mol. The Morgan fingerprint density at radius 1 is 1.46 bits per heavy atom. The molecule has 1 saturated carbocycles. The number of carbonyl (C=O) groups is 2. The van der Waals surface area contributed by atoms with Gasteiger partial charge in [0.25, 0.3) is 5.91 Å². The van der Waals surface area contributed by atoms with Crippen LogP contribution >= 0.6 is 11.3 Å². The van der Waals surface area contributed by atoms with Crippen molar-refractivity contribution in [2.24, 2.45) is 5.92 Å². The number of amides is 1. The first kappa shape index (κ1) is 16.4. The van der Waals surface area contributed by atoms with Gasteiger partial charge in [0, 0.05) is 10.9 Å². The Kier molecular flexibility index (Phi) is 4.80. The van der Waals surface area contributed by atoms with Crippen LogP contribution in [-0.4, -0.2) is 28.0 Å². The summed E-state index contributed by atoms with van der Waals surface area (Å²) in [5.41, 5.74) is 1.22. The Labute approximate surface area is 143 Å². The summed E-state index contributed by atoms with van der Waals surface area (Å²) in [7, 11) is 0. The summed E-state index contributed by atoms with van der Waals surface area (Å²) >= 11 is 1.55. The first-order chi connectivity index (χ1) is 11.5. The molecule has 0 saturated heterocycles. The van der Waals surface area contributed by atoms with E-state index in [4.69, 9.17) is 4.74 Å². The van der Waals surface area contributed by atoms with E-state index >= 15 is 0 Å².